The van der Waals surface area contributed by atoms with Crippen molar-refractivity contribution in [1.29, 1.82) is 0 Å². The molecule has 0 radical (unpaired) electrons. The highest BCUT2D eigenvalue weighted by molar-refractivity contribution is 6.54. The minimum Gasteiger partial charge on any atom is -0.378 e. The lowest BCUT2D eigenvalue weighted by Crippen LogP contribution is -2.43. The summed E-state index contributed by atoms with van der Waals surface area (Å²) in [5.41, 5.74) is 1.59. The van der Waals surface area contributed by atoms with E-state index in [-0.39, 0.29) is 24.6 Å². The molecule has 0 unspecified atom stereocenters. The van der Waals surface area contributed by atoms with Crippen LogP contribution in [0.4, 0.5) is 5.69 Å². The molecule has 1 aliphatic rings. The molecule has 0 N–H and O–H groups in total. The predicted octanol–water partition coefficient (Wildman–Crippen LogP) is 5.10. The van der Waals surface area contributed by atoms with Crippen LogP contribution in [0.1, 0.15) is 6.42 Å². The van der Waals surface area contributed by atoms with E-state index >= 15 is 0 Å². The monoisotopic (exact) mass is 556 g/mol. The number of alkyl halides is 2. The molecule has 4 rings (SSSR count). The summed E-state index contributed by atoms with van der Waals surface area (Å²) in [5.74, 6) is -0.427. The summed E-state index contributed by atoms with van der Waals surface area (Å²) in [6.07, 6.45) is 1.61. The van der Waals surface area contributed by atoms with Gasteiger partial charge in [0, 0.05) is 43.9 Å². The molecule has 8 nitrogen and oxygen atoms in total. The Morgan fingerprint density at radius 2 is 1.80 bits per heavy atom. The second-order valence-corrected chi connectivity index (χ2v) is 9.49. The van der Waals surface area contributed by atoms with Crippen molar-refractivity contribution in [3.05, 3.63) is 52.6 Å². The SMILES string of the molecule is O=C(CCN(C(=O)C(Cl)Cl)c1cccnc1-c1cc(-c2c(Cl)cccc2Cl)no1)N1CCOCC1. The lowest BCUT2D eigenvalue weighted by molar-refractivity contribution is -0.135. The Morgan fingerprint density at radius 3 is 2.49 bits per heavy atom. The first-order chi connectivity index (χ1) is 16.9. The number of nitrogens with zero attached hydrogens (tertiary/aromatic N) is 4. The highest BCUT2D eigenvalue weighted by Crippen LogP contribution is 2.37. The van der Waals surface area contributed by atoms with Crippen molar-refractivity contribution in [2.75, 3.05) is 37.7 Å². The van der Waals surface area contributed by atoms with E-state index in [1.807, 2.05) is 0 Å². The van der Waals surface area contributed by atoms with Crippen LogP contribution >= 0.6 is 46.4 Å². The summed E-state index contributed by atoms with van der Waals surface area (Å²) in [6, 6.07) is 10.1. The number of aromatic nitrogens is 2. The van der Waals surface area contributed by atoms with Gasteiger partial charge in [0.2, 0.25) is 5.91 Å². The minimum atomic E-state index is -1.34. The van der Waals surface area contributed by atoms with Crippen molar-refractivity contribution >= 4 is 63.9 Å². The molecule has 0 spiro atoms. The Morgan fingerprint density at radius 1 is 1.09 bits per heavy atom. The van der Waals surface area contributed by atoms with Gasteiger partial charge in [-0.15, -0.1) is 0 Å². The van der Waals surface area contributed by atoms with Gasteiger partial charge in [-0.05, 0) is 24.3 Å². The minimum absolute atomic E-state index is 0.0427. The number of carbonyl (C=O) groups is 2. The number of rotatable bonds is 7. The van der Waals surface area contributed by atoms with Crippen molar-refractivity contribution in [3.63, 3.8) is 0 Å². The van der Waals surface area contributed by atoms with Crippen LogP contribution in [0.25, 0.3) is 22.7 Å². The van der Waals surface area contributed by atoms with Crippen LogP contribution in [0, 0.1) is 0 Å². The lowest BCUT2D eigenvalue weighted by Gasteiger charge is -2.29. The second-order valence-electron chi connectivity index (χ2n) is 7.58. The first-order valence-corrected chi connectivity index (χ1v) is 12.3. The summed E-state index contributed by atoms with van der Waals surface area (Å²) in [7, 11) is 0. The number of pyridine rings is 1. The largest absolute Gasteiger partial charge is 0.378 e. The molecule has 2 aromatic heterocycles. The van der Waals surface area contributed by atoms with Crippen LogP contribution in [-0.2, 0) is 14.3 Å². The summed E-state index contributed by atoms with van der Waals surface area (Å²) >= 11 is 24.5. The van der Waals surface area contributed by atoms with E-state index < -0.39 is 10.7 Å². The first kappa shape index (κ1) is 25.7. The quantitative estimate of drug-likeness (QED) is 0.376. The van der Waals surface area contributed by atoms with Crippen LogP contribution in [0.2, 0.25) is 10.0 Å². The highest BCUT2D eigenvalue weighted by Gasteiger charge is 2.28. The molecule has 0 saturated carbocycles. The molecule has 0 aliphatic carbocycles. The number of carbonyl (C=O) groups excluding carboxylic acids is 2. The molecule has 35 heavy (non-hydrogen) atoms. The molecule has 1 fully saturated rings. The van der Waals surface area contributed by atoms with Crippen molar-refractivity contribution in [2.24, 2.45) is 0 Å². The zero-order valence-corrected chi connectivity index (χ0v) is 21.3. The third-order valence-corrected chi connectivity index (χ3v) is 6.41. The van der Waals surface area contributed by atoms with Gasteiger partial charge in [-0.25, -0.2) is 0 Å². The Kier molecular flexibility index (Phi) is 8.51. The fourth-order valence-electron chi connectivity index (χ4n) is 3.70. The van der Waals surface area contributed by atoms with E-state index in [1.165, 1.54) is 4.90 Å². The molecule has 1 saturated heterocycles. The second kappa shape index (κ2) is 11.6. The van der Waals surface area contributed by atoms with E-state index in [0.29, 0.717) is 59.0 Å². The Bertz CT molecular complexity index is 1190. The fourth-order valence-corrected chi connectivity index (χ4v) is 4.52. The number of halogens is 4. The van der Waals surface area contributed by atoms with Crippen LogP contribution in [0.5, 0.6) is 0 Å². The van der Waals surface area contributed by atoms with Gasteiger partial charge in [0.05, 0.1) is 28.9 Å². The van der Waals surface area contributed by atoms with Crippen LogP contribution < -0.4 is 4.90 Å². The van der Waals surface area contributed by atoms with Crippen LogP contribution in [-0.4, -0.2) is 64.5 Å². The van der Waals surface area contributed by atoms with Gasteiger partial charge >= 0.3 is 0 Å². The maximum atomic E-state index is 12.9. The van der Waals surface area contributed by atoms with E-state index in [0.717, 1.165) is 0 Å². The maximum absolute atomic E-state index is 12.9. The van der Waals surface area contributed by atoms with Gasteiger partial charge in [-0.1, -0.05) is 57.6 Å². The zero-order chi connectivity index (χ0) is 24.9. The van der Waals surface area contributed by atoms with Gasteiger partial charge in [0.15, 0.2) is 10.6 Å². The summed E-state index contributed by atoms with van der Waals surface area (Å²) in [4.78, 5) is 31.7. The molecular formula is C23H20Cl4N4O4. The molecule has 1 aliphatic heterocycles. The van der Waals surface area contributed by atoms with Crippen molar-refractivity contribution in [1.82, 2.24) is 15.0 Å². The zero-order valence-electron chi connectivity index (χ0n) is 18.3. The molecule has 3 aromatic rings. The number of benzene rings is 1. The number of amides is 2. The average molecular weight is 558 g/mol. The predicted molar refractivity (Wildman–Crippen MR) is 135 cm³/mol. The van der Waals surface area contributed by atoms with Gasteiger partial charge in [0.1, 0.15) is 11.4 Å². The Balaban J connectivity index is 1.64. The third-order valence-electron chi connectivity index (χ3n) is 5.41. The van der Waals surface area contributed by atoms with Crippen molar-refractivity contribution < 1.29 is 18.8 Å². The smallest absolute Gasteiger partial charge is 0.260 e. The molecular weight excluding hydrogens is 538 g/mol. The van der Waals surface area contributed by atoms with E-state index in [9.17, 15) is 9.59 Å². The summed E-state index contributed by atoms with van der Waals surface area (Å²) in [6.45, 7) is 2.01. The van der Waals surface area contributed by atoms with E-state index in [1.54, 1.807) is 47.5 Å². The van der Waals surface area contributed by atoms with Crippen molar-refractivity contribution in [2.45, 2.75) is 11.3 Å². The lowest BCUT2D eigenvalue weighted by atomic mass is 10.1. The third kappa shape index (κ3) is 5.90. The molecule has 12 heteroatoms. The molecule has 184 valence electrons. The van der Waals surface area contributed by atoms with E-state index in [2.05, 4.69) is 10.1 Å². The molecule has 3 heterocycles. The van der Waals surface area contributed by atoms with Gasteiger partial charge < -0.3 is 19.1 Å². The summed E-state index contributed by atoms with van der Waals surface area (Å²) in [5, 5.41) is 4.90. The molecule has 2 amide bonds. The Labute approximate surface area is 221 Å². The molecule has 0 bridgehead atoms. The number of hydrogen-bond acceptors (Lipinski definition) is 6. The van der Waals surface area contributed by atoms with Gasteiger partial charge in [0.25, 0.3) is 5.91 Å². The fraction of sp³-hybridized carbons (Fsp3) is 0.304. The van der Waals surface area contributed by atoms with Gasteiger partial charge in [-0.3, -0.25) is 14.6 Å². The van der Waals surface area contributed by atoms with Gasteiger partial charge in [-0.2, -0.15) is 0 Å². The van der Waals surface area contributed by atoms with Crippen LogP contribution in [0.3, 0.4) is 0 Å². The topological polar surface area (TPSA) is 88.8 Å². The average Bonchev–Trinajstić information content (AvgIpc) is 3.34. The summed E-state index contributed by atoms with van der Waals surface area (Å²) < 4.78 is 10.8. The van der Waals surface area contributed by atoms with E-state index in [4.69, 9.17) is 55.7 Å². The van der Waals surface area contributed by atoms with Crippen LogP contribution in [0.15, 0.2) is 47.1 Å². The Hall–Kier alpha value is -2.36. The first-order valence-electron chi connectivity index (χ1n) is 10.7. The number of hydrogen-bond donors (Lipinski definition) is 0. The number of morpholine rings is 1. The standard InChI is InChI=1S/C23H20Cl4N4O4/c24-14-3-1-4-15(25)20(14)16-13-18(35-29-16)21-17(5-2-7-28-21)31(23(33)22(26)27)8-6-19(32)30-9-11-34-12-10-30/h1-5,7,13,22H,6,8-12H2. The van der Waals surface area contributed by atoms with Crippen molar-refractivity contribution in [3.8, 4) is 22.7 Å². The number of anilines is 1. The normalized spacial score (nSPS) is 13.8. The highest BCUT2D eigenvalue weighted by atomic mass is 35.5. The molecule has 1 aromatic carbocycles. The maximum Gasteiger partial charge on any atom is 0.260 e. The number of ether oxygens (including phenoxy) is 1. The molecule has 0 atom stereocenters.